The van der Waals surface area contributed by atoms with E-state index < -0.39 is 0 Å². The molecular weight excluding hydrogens is 248 g/mol. The second-order valence-electron chi connectivity index (χ2n) is 4.04. The van der Waals surface area contributed by atoms with Gasteiger partial charge in [-0.1, -0.05) is 17.7 Å². The number of hydrogen-bond donors (Lipinski definition) is 0. The van der Waals surface area contributed by atoms with Crippen LogP contribution in [-0.4, -0.2) is 19.4 Å². The van der Waals surface area contributed by atoms with Crippen molar-refractivity contribution in [3.8, 4) is 0 Å². The quantitative estimate of drug-likeness (QED) is 0.484. The van der Waals surface area contributed by atoms with Crippen molar-refractivity contribution < 1.29 is 0 Å². The van der Waals surface area contributed by atoms with Crippen LogP contribution in [0.5, 0.6) is 0 Å². The first-order valence-electron chi connectivity index (χ1n) is 5.51. The Morgan fingerprint density at radius 2 is 1.89 bits per heavy atom. The van der Waals surface area contributed by atoms with Crippen LogP contribution in [0.2, 0.25) is 5.02 Å². The summed E-state index contributed by atoms with van der Waals surface area (Å²) in [5.41, 5.74) is 3.82. The second-order valence-corrected chi connectivity index (χ2v) is 4.48. The van der Waals surface area contributed by atoms with E-state index in [-0.39, 0.29) is 0 Å². The number of rotatable bonds is 0. The summed E-state index contributed by atoms with van der Waals surface area (Å²) in [6, 6.07) is 11.3. The zero-order valence-electron chi connectivity index (χ0n) is 9.21. The van der Waals surface area contributed by atoms with Crippen LogP contribution in [0.25, 0.3) is 28.0 Å². The predicted octanol–water partition coefficient (Wildman–Crippen LogP) is 3.08. The maximum Gasteiger partial charge on any atom is 0.198 e. The number of pyridine rings is 1. The lowest BCUT2D eigenvalue weighted by Gasteiger charge is -1.97. The summed E-state index contributed by atoms with van der Waals surface area (Å²) in [7, 11) is 0. The van der Waals surface area contributed by atoms with E-state index >= 15 is 0 Å². The van der Waals surface area contributed by atoms with E-state index in [1.807, 2.05) is 40.9 Å². The van der Waals surface area contributed by atoms with Crippen LogP contribution in [0, 0.1) is 0 Å². The van der Waals surface area contributed by atoms with E-state index in [0.29, 0.717) is 10.7 Å². The van der Waals surface area contributed by atoms with Crippen LogP contribution in [0.1, 0.15) is 0 Å². The molecule has 0 saturated heterocycles. The molecule has 0 N–H and O–H groups in total. The molecule has 5 heteroatoms. The topological polar surface area (TPSA) is 43.1 Å². The van der Waals surface area contributed by atoms with Gasteiger partial charge in [-0.15, -0.1) is 0 Å². The molecule has 86 valence electrons. The Bertz CT molecular complexity index is 897. The van der Waals surface area contributed by atoms with Gasteiger partial charge in [0.25, 0.3) is 0 Å². The summed E-state index contributed by atoms with van der Waals surface area (Å²) in [6.07, 6.45) is 1.93. The van der Waals surface area contributed by atoms with Gasteiger partial charge in [0.05, 0.1) is 11.0 Å². The van der Waals surface area contributed by atoms with E-state index in [1.54, 1.807) is 6.07 Å². The van der Waals surface area contributed by atoms with E-state index in [4.69, 9.17) is 11.6 Å². The van der Waals surface area contributed by atoms with Crippen molar-refractivity contribution in [2.24, 2.45) is 0 Å². The van der Waals surface area contributed by atoms with Gasteiger partial charge in [-0.25, -0.2) is 15.0 Å². The Morgan fingerprint density at radius 1 is 0.944 bits per heavy atom. The molecule has 4 aromatic rings. The summed E-state index contributed by atoms with van der Waals surface area (Å²) >= 11 is 5.96. The van der Waals surface area contributed by atoms with Gasteiger partial charge in [0.15, 0.2) is 11.3 Å². The number of imidazole rings is 1. The smallest absolute Gasteiger partial charge is 0.198 e. The lowest BCUT2D eigenvalue weighted by atomic mass is 10.3. The molecule has 4 nitrogen and oxygen atoms in total. The molecule has 0 aliphatic rings. The number of halogens is 1. The zero-order chi connectivity index (χ0) is 12.1. The van der Waals surface area contributed by atoms with Crippen molar-refractivity contribution in [3.05, 3.63) is 47.6 Å². The van der Waals surface area contributed by atoms with Crippen molar-refractivity contribution in [2.75, 3.05) is 0 Å². The first kappa shape index (κ1) is 9.79. The number of fused-ring (bicyclic) bond motifs is 4. The minimum atomic E-state index is 0.635. The summed E-state index contributed by atoms with van der Waals surface area (Å²) < 4.78 is 1.93. The minimum Gasteiger partial charge on any atom is -0.283 e. The Labute approximate surface area is 107 Å². The normalized spacial score (nSPS) is 11.6. The second kappa shape index (κ2) is 3.40. The van der Waals surface area contributed by atoms with Crippen molar-refractivity contribution in [1.29, 1.82) is 0 Å². The van der Waals surface area contributed by atoms with Crippen LogP contribution < -0.4 is 0 Å². The van der Waals surface area contributed by atoms with Gasteiger partial charge in [0, 0.05) is 11.2 Å². The van der Waals surface area contributed by atoms with Crippen LogP contribution in [0.4, 0.5) is 0 Å². The number of benzene rings is 1. The van der Waals surface area contributed by atoms with Crippen LogP contribution in [0.3, 0.4) is 0 Å². The van der Waals surface area contributed by atoms with E-state index in [1.165, 1.54) is 0 Å². The minimum absolute atomic E-state index is 0.635. The van der Waals surface area contributed by atoms with Crippen LogP contribution in [0.15, 0.2) is 42.6 Å². The molecule has 0 unspecified atom stereocenters. The fraction of sp³-hybridized carbons (Fsp3) is 0. The van der Waals surface area contributed by atoms with Gasteiger partial charge in [-0.2, -0.15) is 0 Å². The van der Waals surface area contributed by atoms with Crippen molar-refractivity contribution in [1.82, 2.24) is 19.4 Å². The maximum absolute atomic E-state index is 5.96. The lowest BCUT2D eigenvalue weighted by molar-refractivity contribution is 1.19. The Hall–Kier alpha value is -2.20. The van der Waals surface area contributed by atoms with Crippen molar-refractivity contribution in [2.45, 2.75) is 0 Å². The first-order valence-corrected chi connectivity index (χ1v) is 5.89. The largest absolute Gasteiger partial charge is 0.283 e. The third-order valence-electron chi connectivity index (χ3n) is 2.88. The van der Waals surface area contributed by atoms with Crippen LogP contribution >= 0.6 is 11.6 Å². The molecule has 0 aliphatic carbocycles. The highest BCUT2D eigenvalue weighted by Crippen LogP contribution is 2.20. The van der Waals surface area contributed by atoms with E-state index in [9.17, 15) is 0 Å². The summed E-state index contributed by atoms with van der Waals surface area (Å²) in [5, 5.41) is 0.653. The summed E-state index contributed by atoms with van der Waals surface area (Å²) in [5.74, 6) is 0. The number of hydrogen-bond acceptors (Lipinski definition) is 3. The molecule has 0 amide bonds. The SMILES string of the molecule is Clc1ccc2nc3c(nc2c1)nc1ccccn13. The Morgan fingerprint density at radius 3 is 2.83 bits per heavy atom. The fourth-order valence-corrected chi connectivity index (χ4v) is 2.22. The van der Waals surface area contributed by atoms with Gasteiger partial charge < -0.3 is 0 Å². The standard InChI is InChI=1S/C13H7ClN4/c14-8-4-5-9-10(7-8)15-12-13(16-9)18-6-2-1-3-11(18)17-12/h1-7H. The number of nitrogens with zero attached hydrogens (tertiary/aromatic N) is 4. The average molecular weight is 255 g/mol. The Balaban J connectivity index is 2.23. The molecule has 0 spiro atoms. The molecule has 0 saturated carbocycles. The van der Waals surface area contributed by atoms with E-state index in [2.05, 4.69) is 15.0 Å². The number of aromatic nitrogens is 4. The van der Waals surface area contributed by atoms with E-state index in [0.717, 1.165) is 22.3 Å². The predicted molar refractivity (Wildman–Crippen MR) is 70.8 cm³/mol. The fourth-order valence-electron chi connectivity index (χ4n) is 2.06. The highest BCUT2D eigenvalue weighted by atomic mass is 35.5. The Kier molecular flexibility index (Phi) is 1.85. The third kappa shape index (κ3) is 1.29. The molecule has 0 aliphatic heterocycles. The molecule has 0 fully saturated rings. The highest BCUT2D eigenvalue weighted by Gasteiger charge is 2.08. The third-order valence-corrected chi connectivity index (χ3v) is 3.11. The summed E-state index contributed by atoms with van der Waals surface area (Å²) in [6.45, 7) is 0. The average Bonchev–Trinajstić information content (AvgIpc) is 2.73. The molecule has 0 atom stereocenters. The van der Waals surface area contributed by atoms with Gasteiger partial charge in [0.2, 0.25) is 0 Å². The molecule has 3 aromatic heterocycles. The van der Waals surface area contributed by atoms with Crippen molar-refractivity contribution in [3.63, 3.8) is 0 Å². The van der Waals surface area contributed by atoms with Crippen LogP contribution in [-0.2, 0) is 0 Å². The first-order chi connectivity index (χ1) is 8.81. The molecule has 1 aromatic carbocycles. The van der Waals surface area contributed by atoms with Crippen molar-refractivity contribution >= 4 is 39.6 Å². The van der Waals surface area contributed by atoms with Gasteiger partial charge >= 0.3 is 0 Å². The molecule has 4 rings (SSSR count). The van der Waals surface area contributed by atoms with Gasteiger partial charge in [-0.05, 0) is 30.3 Å². The summed E-state index contributed by atoms with van der Waals surface area (Å²) in [4.78, 5) is 13.5. The molecular formula is C13H7ClN4. The highest BCUT2D eigenvalue weighted by molar-refractivity contribution is 6.31. The molecule has 0 radical (unpaired) electrons. The monoisotopic (exact) mass is 254 g/mol. The molecule has 18 heavy (non-hydrogen) atoms. The molecule has 0 bridgehead atoms. The maximum atomic E-state index is 5.96. The molecule has 3 heterocycles. The zero-order valence-corrected chi connectivity index (χ0v) is 9.96. The lowest BCUT2D eigenvalue weighted by Crippen LogP contribution is -1.89. The van der Waals surface area contributed by atoms with Gasteiger partial charge in [-0.3, -0.25) is 4.40 Å². The van der Waals surface area contributed by atoms with Gasteiger partial charge in [0.1, 0.15) is 5.65 Å².